The van der Waals surface area contributed by atoms with Crippen LogP contribution in [-0.4, -0.2) is 70.7 Å². The first kappa shape index (κ1) is 19.9. The molecule has 1 saturated heterocycles. The molecular weight excluding hydrogens is 422 g/mol. The predicted molar refractivity (Wildman–Crippen MR) is 112 cm³/mol. The van der Waals surface area contributed by atoms with Crippen molar-refractivity contribution in [1.29, 1.82) is 0 Å². The summed E-state index contributed by atoms with van der Waals surface area (Å²) in [5.41, 5.74) is 1.64. The third-order valence-electron chi connectivity index (χ3n) is 5.78. The molecule has 0 unspecified atom stereocenters. The number of carbonyl (C=O) groups excluding carboxylic acids is 1. The second kappa shape index (κ2) is 7.93. The number of hydrogen-bond acceptors (Lipinski definition) is 8. The number of aromatic nitrogens is 4. The van der Waals surface area contributed by atoms with Gasteiger partial charge < -0.3 is 19.7 Å². The van der Waals surface area contributed by atoms with Crippen LogP contribution in [0.5, 0.6) is 0 Å². The maximum atomic E-state index is 12.7. The van der Waals surface area contributed by atoms with E-state index in [2.05, 4.69) is 30.3 Å². The molecule has 31 heavy (non-hydrogen) atoms. The second-order valence-corrected chi connectivity index (χ2v) is 9.81. The number of amides is 1. The highest BCUT2D eigenvalue weighted by Gasteiger charge is 2.30. The second-order valence-electron chi connectivity index (χ2n) is 7.72. The lowest BCUT2D eigenvalue weighted by atomic mass is 10.1. The molecule has 0 saturated carbocycles. The molecule has 1 amide bonds. The van der Waals surface area contributed by atoms with Gasteiger partial charge in [-0.2, -0.15) is 0 Å². The maximum absolute atomic E-state index is 12.7. The molecule has 5 rings (SSSR count). The van der Waals surface area contributed by atoms with E-state index in [4.69, 9.17) is 4.52 Å². The molecule has 1 fully saturated rings. The van der Waals surface area contributed by atoms with E-state index < -0.39 is 15.9 Å². The Morgan fingerprint density at radius 1 is 1.23 bits per heavy atom. The summed E-state index contributed by atoms with van der Waals surface area (Å²) >= 11 is 0. The third-order valence-corrected chi connectivity index (χ3v) is 7.65. The molecule has 3 aromatic heterocycles. The summed E-state index contributed by atoms with van der Waals surface area (Å²) in [5, 5.41) is 7.54. The Balaban J connectivity index is 1.28. The summed E-state index contributed by atoms with van der Waals surface area (Å²) in [6, 6.07) is 1.92. The van der Waals surface area contributed by atoms with Gasteiger partial charge in [0.1, 0.15) is 23.6 Å². The van der Waals surface area contributed by atoms with E-state index in [1.807, 2.05) is 12.3 Å². The first-order chi connectivity index (χ1) is 15.0. The third kappa shape index (κ3) is 3.76. The zero-order valence-electron chi connectivity index (χ0n) is 16.9. The summed E-state index contributed by atoms with van der Waals surface area (Å²) in [6.07, 6.45) is 5.68. The summed E-state index contributed by atoms with van der Waals surface area (Å²) < 4.78 is 31.6. The molecule has 2 aliphatic rings. The standard InChI is InChI=1S/C19H23N7O4S/c27-19(21-6-10-31(28,29)26-7-1-2-8-26)16-14-11-25(9-4-15(14)30-24-16)18-13-3-5-20-17(13)22-12-23-18/h3,5,12H,1-2,4,6-11H2,(H,21,27)(H,20,22,23). The van der Waals surface area contributed by atoms with E-state index >= 15 is 0 Å². The summed E-state index contributed by atoms with van der Waals surface area (Å²) in [6.45, 7) is 2.24. The number of nitrogens with one attached hydrogen (secondary N) is 2. The molecule has 12 heteroatoms. The molecule has 164 valence electrons. The van der Waals surface area contributed by atoms with Crippen LogP contribution in [0.3, 0.4) is 0 Å². The number of carbonyl (C=O) groups is 1. The van der Waals surface area contributed by atoms with E-state index in [-0.39, 0.29) is 18.0 Å². The number of H-pyrrole nitrogens is 1. The van der Waals surface area contributed by atoms with Crippen LogP contribution in [0.2, 0.25) is 0 Å². The number of anilines is 1. The smallest absolute Gasteiger partial charge is 0.273 e. The summed E-state index contributed by atoms with van der Waals surface area (Å²) in [5.74, 6) is 0.890. The Morgan fingerprint density at radius 2 is 2.06 bits per heavy atom. The molecule has 0 spiro atoms. The van der Waals surface area contributed by atoms with E-state index in [0.717, 1.165) is 29.7 Å². The highest BCUT2D eigenvalue weighted by Crippen LogP contribution is 2.29. The molecule has 11 nitrogen and oxygen atoms in total. The predicted octanol–water partition coefficient (Wildman–Crippen LogP) is 0.664. The van der Waals surface area contributed by atoms with Crippen molar-refractivity contribution in [2.45, 2.75) is 25.8 Å². The molecule has 0 bridgehead atoms. The van der Waals surface area contributed by atoms with E-state index in [0.29, 0.717) is 43.9 Å². The van der Waals surface area contributed by atoms with Crippen LogP contribution in [0.1, 0.15) is 34.7 Å². The van der Waals surface area contributed by atoms with Crippen molar-refractivity contribution < 1.29 is 17.7 Å². The van der Waals surface area contributed by atoms with Gasteiger partial charge in [-0.25, -0.2) is 22.7 Å². The van der Waals surface area contributed by atoms with Gasteiger partial charge in [-0.15, -0.1) is 0 Å². The molecule has 0 aliphatic carbocycles. The lowest BCUT2D eigenvalue weighted by Gasteiger charge is -2.27. The zero-order chi connectivity index (χ0) is 21.4. The summed E-state index contributed by atoms with van der Waals surface area (Å²) in [4.78, 5) is 26.5. The van der Waals surface area contributed by atoms with Crippen molar-refractivity contribution in [3.8, 4) is 0 Å². The van der Waals surface area contributed by atoms with E-state index in [1.165, 1.54) is 10.6 Å². The van der Waals surface area contributed by atoms with Gasteiger partial charge >= 0.3 is 0 Å². The van der Waals surface area contributed by atoms with Crippen LogP contribution in [-0.2, 0) is 23.0 Å². The fraction of sp³-hybridized carbons (Fsp3) is 0.474. The molecule has 0 radical (unpaired) electrons. The Hall–Kier alpha value is -2.99. The molecule has 0 aromatic carbocycles. The van der Waals surface area contributed by atoms with Gasteiger partial charge in [0, 0.05) is 44.4 Å². The number of rotatable bonds is 6. The van der Waals surface area contributed by atoms with Gasteiger partial charge in [-0.1, -0.05) is 5.16 Å². The number of aromatic amines is 1. The average Bonchev–Trinajstić information content (AvgIpc) is 3.53. The fourth-order valence-electron chi connectivity index (χ4n) is 4.15. The minimum atomic E-state index is -3.35. The normalized spacial score (nSPS) is 17.2. The SMILES string of the molecule is O=C(NCCS(=O)(=O)N1CCCC1)c1noc2c1CN(c1ncnc3[nH]ccc13)CC2. The van der Waals surface area contributed by atoms with Crippen LogP contribution in [0, 0.1) is 0 Å². The van der Waals surface area contributed by atoms with Crippen LogP contribution >= 0.6 is 0 Å². The van der Waals surface area contributed by atoms with Crippen molar-refractivity contribution in [3.05, 3.63) is 35.6 Å². The quantitative estimate of drug-likeness (QED) is 0.565. The van der Waals surface area contributed by atoms with Gasteiger partial charge in [0.05, 0.1) is 17.7 Å². The average molecular weight is 446 g/mol. The van der Waals surface area contributed by atoms with Crippen molar-refractivity contribution in [3.63, 3.8) is 0 Å². The number of fused-ring (bicyclic) bond motifs is 2. The molecule has 0 atom stereocenters. The molecular formula is C19H23N7O4S. The summed E-state index contributed by atoms with van der Waals surface area (Å²) in [7, 11) is -3.35. The minimum absolute atomic E-state index is 0.0267. The number of nitrogens with zero attached hydrogens (tertiary/aromatic N) is 5. The highest BCUT2D eigenvalue weighted by molar-refractivity contribution is 7.89. The Labute approximate surface area is 178 Å². The fourth-order valence-corrected chi connectivity index (χ4v) is 5.58. The van der Waals surface area contributed by atoms with E-state index in [1.54, 1.807) is 0 Å². The first-order valence-electron chi connectivity index (χ1n) is 10.3. The van der Waals surface area contributed by atoms with Crippen LogP contribution in [0.15, 0.2) is 23.1 Å². The minimum Gasteiger partial charge on any atom is -0.360 e. The molecule has 5 heterocycles. The molecule has 2 aliphatic heterocycles. The van der Waals surface area contributed by atoms with Crippen molar-refractivity contribution in [1.82, 2.24) is 29.7 Å². The Bertz CT molecular complexity index is 1210. The molecule has 2 N–H and O–H groups in total. The van der Waals surface area contributed by atoms with Crippen LogP contribution in [0.25, 0.3) is 11.0 Å². The lowest BCUT2D eigenvalue weighted by molar-refractivity contribution is 0.0946. The lowest BCUT2D eigenvalue weighted by Crippen LogP contribution is -2.37. The first-order valence-corrected chi connectivity index (χ1v) is 11.9. The monoisotopic (exact) mass is 445 g/mol. The largest absolute Gasteiger partial charge is 0.360 e. The Morgan fingerprint density at radius 3 is 2.90 bits per heavy atom. The topological polar surface area (TPSA) is 137 Å². The number of sulfonamides is 1. The van der Waals surface area contributed by atoms with Gasteiger partial charge in [0.2, 0.25) is 10.0 Å². The van der Waals surface area contributed by atoms with Gasteiger partial charge in [0.15, 0.2) is 5.69 Å². The van der Waals surface area contributed by atoms with Gasteiger partial charge in [0.25, 0.3) is 5.91 Å². The Kier molecular flexibility index (Phi) is 5.10. The molecule has 3 aromatic rings. The van der Waals surface area contributed by atoms with Gasteiger partial charge in [-0.3, -0.25) is 4.79 Å². The number of hydrogen-bond donors (Lipinski definition) is 2. The zero-order valence-corrected chi connectivity index (χ0v) is 17.7. The highest BCUT2D eigenvalue weighted by atomic mass is 32.2. The maximum Gasteiger partial charge on any atom is 0.273 e. The van der Waals surface area contributed by atoms with Crippen molar-refractivity contribution in [2.75, 3.05) is 36.8 Å². The van der Waals surface area contributed by atoms with Crippen LogP contribution in [0.4, 0.5) is 5.82 Å². The van der Waals surface area contributed by atoms with Crippen LogP contribution < -0.4 is 10.2 Å². The van der Waals surface area contributed by atoms with Gasteiger partial charge in [-0.05, 0) is 18.9 Å². The van der Waals surface area contributed by atoms with E-state index in [9.17, 15) is 13.2 Å². The van der Waals surface area contributed by atoms with Crippen molar-refractivity contribution >= 4 is 32.8 Å². The van der Waals surface area contributed by atoms with Crippen molar-refractivity contribution in [2.24, 2.45) is 0 Å².